The van der Waals surface area contributed by atoms with E-state index in [1.165, 1.54) is 11.6 Å². The fourth-order valence-electron chi connectivity index (χ4n) is 5.37. The van der Waals surface area contributed by atoms with Gasteiger partial charge in [-0.15, -0.1) is 0 Å². The molecule has 0 bridgehead atoms. The van der Waals surface area contributed by atoms with Gasteiger partial charge in [0.1, 0.15) is 6.10 Å². The molecule has 4 aromatic rings. The third kappa shape index (κ3) is 4.42. The van der Waals surface area contributed by atoms with E-state index in [0.29, 0.717) is 11.2 Å². The van der Waals surface area contributed by atoms with Crippen molar-refractivity contribution in [2.45, 2.75) is 44.6 Å². The Morgan fingerprint density at radius 3 is 2.22 bits per heavy atom. The zero-order chi connectivity index (χ0) is 25.2. The monoisotopic (exact) mass is 487 g/mol. The molecule has 36 heavy (non-hydrogen) atoms. The van der Waals surface area contributed by atoms with Gasteiger partial charge >= 0.3 is 5.69 Å². The summed E-state index contributed by atoms with van der Waals surface area (Å²) in [6, 6.07) is 20.7. The van der Waals surface area contributed by atoms with E-state index >= 15 is 0 Å². The molecular weight excluding hydrogens is 454 g/mol. The number of hydrogen-bond acceptors (Lipinski definition) is 5. The summed E-state index contributed by atoms with van der Waals surface area (Å²) in [4.78, 5) is 32.3. The molecule has 8 heteroatoms. The zero-order valence-corrected chi connectivity index (χ0v) is 21.1. The second-order valence-electron chi connectivity index (χ2n) is 9.52. The second kappa shape index (κ2) is 10.2. The standard InChI is InChI=1S/C28H33N5O3/c1-4-23(33-19-29-26-24(33)27(34)31(3)28(35)30(26)2)32-17-11-16-22(18-32)36-25(20-12-7-5-8-13-20)21-14-9-6-10-15-21/h5-10,12-15,19,22-23,25H,4,11,16-18H2,1-3H3. The van der Waals surface area contributed by atoms with E-state index in [1.807, 2.05) is 41.0 Å². The molecule has 0 amide bonds. The number of nitrogens with zero attached hydrogens (tertiary/aromatic N) is 5. The van der Waals surface area contributed by atoms with Gasteiger partial charge in [0.05, 0.1) is 18.6 Å². The largest absolute Gasteiger partial charge is 0.364 e. The van der Waals surface area contributed by atoms with Crippen LogP contribution < -0.4 is 11.2 Å². The minimum absolute atomic E-state index is 0.0418. The minimum atomic E-state index is -0.370. The maximum absolute atomic E-state index is 13.1. The molecule has 2 unspecified atom stereocenters. The fraction of sp³-hybridized carbons (Fsp3) is 0.393. The SMILES string of the molecule is CCC(N1CCCC(OC(c2ccccc2)c2ccccc2)C1)n1cnc2c1c(=O)n(C)c(=O)n2C. The van der Waals surface area contributed by atoms with Crippen LogP contribution in [0.3, 0.4) is 0 Å². The number of fused-ring (bicyclic) bond motifs is 1. The van der Waals surface area contributed by atoms with Crippen molar-refractivity contribution in [3.63, 3.8) is 0 Å². The van der Waals surface area contributed by atoms with Crippen LogP contribution in [0.1, 0.15) is 49.6 Å². The highest BCUT2D eigenvalue weighted by molar-refractivity contribution is 5.70. The van der Waals surface area contributed by atoms with Gasteiger partial charge < -0.3 is 9.30 Å². The number of imidazole rings is 1. The normalized spacial score (nSPS) is 17.6. The van der Waals surface area contributed by atoms with Gasteiger partial charge in [0, 0.05) is 27.2 Å². The van der Waals surface area contributed by atoms with Gasteiger partial charge in [-0.3, -0.25) is 18.8 Å². The van der Waals surface area contributed by atoms with Gasteiger partial charge in [-0.25, -0.2) is 9.78 Å². The lowest BCUT2D eigenvalue weighted by molar-refractivity contribution is -0.0508. The van der Waals surface area contributed by atoms with Gasteiger partial charge in [-0.2, -0.15) is 0 Å². The lowest BCUT2D eigenvalue weighted by Crippen LogP contribution is -2.44. The van der Waals surface area contributed by atoms with Crippen LogP contribution in [-0.4, -0.2) is 42.8 Å². The van der Waals surface area contributed by atoms with Crippen molar-refractivity contribution in [1.82, 2.24) is 23.6 Å². The summed E-state index contributed by atoms with van der Waals surface area (Å²) in [5, 5.41) is 0. The van der Waals surface area contributed by atoms with Gasteiger partial charge in [-0.05, 0) is 30.4 Å². The zero-order valence-electron chi connectivity index (χ0n) is 21.1. The summed E-state index contributed by atoms with van der Waals surface area (Å²) in [7, 11) is 3.17. The summed E-state index contributed by atoms with van der Waals surface area (Å²) in [6.07, 6.45) is 4.31. The van der Waals surface area contributed by atoms with E-state index in [-0.39, 0.29) is 29.6 Å². The molecule has 0 radical (unpaired) electrons. The van der Waals surface area contributed by atoms with Crippen molar-refractivity contribution in [3.8, 4) is 0 Å². The van der Waals surface area contributed by atoms with Gasteiger partial charge in [0.15, 0.2) is 11.2 Å². The van der Waals surface area contributed by atoms with Crippen molar-refractivity contribution in [3.05, 3.63) is 99.0 Å². The van der Waals surface area contributed by atoms with E-state index in [4.69, 9.17) is 4.74 Å². The molecule has 1 aliphatic heterocycles. The number of aromatic nitrogens is 4. The van der Waals surface area contributed by atoms with Crippen molar-refractivity contribution in [2.24, 2.45) is 14.1 Å². The molecule has 188 valence electrons. The topological polar surface area (TPSA) is 74.3 Å². The lowest BCUT2D eigenvalue weighted by Gasteiger charge is -2.39. The third-order valence-corrected chi connectivity index (χ3v) is 7.22. The number of ether oxygens (including phenoxy) is 1. The first-order valence-electron chi connectivity index (χ1n) is 12.6. The Morgan fingerprint density at radius 1 is 0.972 bits per heavy atom. The van der Waals surface area contributed by atoms with Crippen LogP contribution in [0.4, 0.5) is 0 Å². The Bertz CT molecular complexity index is 1400. The molecule has 1 saturated heterocycles. The second-order valence-corrected chi connectivity index (χ2v) is 9.52. The first kappa shape index (κ1) is 24.2. The quantitative estimate of drug-likeness (QED) is 0.398. The van der Waals surface area contributed by atoms with Crippen LogP contribution in [-0.2, 0) is 18.8 Å². The highest BCUT2D eigenvalue weighted by Gasteiger charge is 2.30. The van der Waals surface area contributed by atoms with Gasteiger partial charge in [-0.1, -0.05) is 67.6 Å². The number of benzene rings is 2. The highest BCUT2D eigenvalue weighted by atomic mass is 16.5. The molecule has 2 aromatic heterocycles. The third-order valence-electron chi connectivity index (χ3n) is 7.22. The molecule has 0 saturated carbocycles. The van der Waals surface area contributed by atoms with E-state index in [1.54, 1.807) is 13.4 Å². The minimum Gasteiger partial charge on any atom is -0.364 e. The van der Waals surface area contributed by atoms with Crippen LogP contribution in [0, 0.1) is 0 Å². The number of hydrogen-bond donors (Lipinski definition) is 0. The molecule has 2 aromatic carbocycles. The van der Waals surface area contributed by atoms with Crippen LogP contribution >= 0.6 is 0 Å². The van der Waals surface area contributed by atoms with Crippen molar-refractivity contribution in [2.75, 3.05) is 13.1 Å². The molecule has 0 N–H and O–H groups in total. The Morgan fingerprint density at radius 2 is 1.61 bits per heavy atom. The molecule has 3 heterocycles. The molecule has 0 aliphatic carbocycles. The molecular formula is C28H33N5O3. The smallest absolute Gasteiger partial charge is 0.332 e. The Balaban J connectivity index is 1.44. The van der Waals surface area contributed by atoms with Crippen LogP contribution in [0.2, 0.25) is 0 Å². The van der Waals surface area contributed by atoms with Crippen LogP contribution in [0.15, 0.2) is 76.6 Å². The summed E-state index contributed by atoms with van der Waals surface area (Å²) in [5.41, 5.74) is 2.46. The number of rotatable bonds is 7. The number of aryl methyl sites for hydroxylation is 1. The predicted octanol–water partition coefficient (Wildman–Crippen LogP) is 3.61. The molecule has 1 aliphatic rings. The van der Waals surface area contributed by atoms with Gasteiger partial charge in [0.25, 0.3) is 5.56 Å². The van der Waals surface area contributed by atoms with Gasteiger partial charge in [0.2, 0.25) is 0 Å². The van der Waals surface area contributed by atoms with Crippen molar-refractivity contribution >= 4 is 11.2 Å². The summed E-state index contributed by atoms with van der Waals surface area (Å²) in [5.74, 6) is 0. The summed E-state index contributed by atoms with van der Waals surface area (Å²) >= 11 is 0. The van der Waals surface area contributed by atoms with E-state index in [9.17, 15) is 9.59 Å². The maximum Gasteiger partial charge on any atom is 0.332 e. The van der Waals surface area contributed by atoms with Crippen LogP contribution in [0.5, 0.6) is 0 Å². The Hall–Kier alpha value is -3.49. The summed E-state index contributed by atoms with van der Waals surface area (Å²) < 4.78 is 11.3. The highest BCUT2D eigenvalue weighted by Crippen LogP contribution is 2.32. The fourth-order valence-corrected chi connectivity index (χ4v) is 5.37. The number of likely N-dealkylation sites (tertiary alicyclic amines) is 1. The van der Waals surface area contributed by atoms with Crippen molar-refractivity contribution in [1.29, 1.82) is 0 Å². The molecule has 1 fully saturated rings. The average molecular weight is 488 g/mol. The predicted molar refractivity (Wildman–Crippen MR) is 140 cm³/mol. The molecule has 2 atom stereocenters. The van der Waals surface area contributed by atoms with E-state index in [2.05, 4.69) is 41.1 Å². The molecule has 5 rings (SSSR count). The first-order valence-corrected chi connectivity index (χ1v) is 12.6. The average Bonchev–Trinajstić information content (AvgIpc) is 3.36. The van der Waals surface area contributed by atoms with E-state index in [0.717, 1.165) is 48.0 Å². The number of piperidine rings is 1. The molecule has 0 spiro atoms. The maximum atomic E-state index is 13.1. The Kier molecular flexibility index (Phi) is 6.89. The van der Waals surface area contributed by atoms with Crippen molar-refractivity contribution < 1.29 is 4.74 Å². The summed E-state index contributed by atoms with van der Waals surface area (Å²) in [6.45, 7) is 3.77. The molecule has 8 nitrogen and oxygen atoms in total. The van der Waals surface area contributed by atoms with E-state index < -0.39 is 0 Å². The lowest BCUT2D eigenvalue weighted by atomic mass is 10.00. The first-order chi connectivity index (χ1) is 17.5. The Labute approximate surface area is 210 Å². The van der Waals surface area contributed by atoms with Crippen LogP contribution in [0.25, 0.3) is 11.2 Å².